The summed E-state index contributed by atoms with van der Waals surface area (Å²) in [5.41, 5.74) is 4.12. The van der Waals surface area contributed by atoms with Crippen LogP contribution in [0, 0.1) is 0 Å². The second-order valence-corrected chi connectivity index (χ2v) is 8.39. The van der Waals surface area contributed by atoms with E-state index in [0.29, 0.717) is 40.4 Å². The molecule has 1 heterocycles. The smallest absolute Gasteiger partial charge is 0.203 e. The van der Waals surface area contributed by atoms with Gasteiger partial charge in [0.2, 0.25) is 5.75 Å². The fourth-order valence-electron chi connectivity index (χ4n) is 4.50. The Hall–Kier alpha value is -3.65. The number of para-hydroxylation sites is 1. The largest absolute Gasteiger partial charge is 0.493 e. The highest BCUT2D eigenvalue weighted by molar-refractivity contribution is 7.80. The van der Waals surface area contributed by atoms with E-state index in [2.05, 4.69) is 10.2 Å². The summed E-state index contributed by atoms with van der Waals surface area (Å²) in [6, 6.07) is 17.7. The number of rotatable bonds is 7. The fraction of sp³-hybridized carbons (Fsp3) is 0.296. The van der Waals surface area contributed by atoms with Crippen molar-refractivity contribution in [3.63, 3.8) is 0 Å². The summed E-state index contributed by atoms with van der Waals surface area (Å²) in [6.07, 6.45) is 0.799. The van der Waals surface area contributed by atoms with Gasteiger partial charge in [-0.05, 0) is 71.7 Å². The van der Waals surface area contributed by atoms with Gasteiger partial charge in [-0.1, -0.05) is 18.2 Å². The zero-order chi connectivity index (χ0) is 24.9. The molecule has 0 saturated carbocycles. The number of benzene rings is 3. The van der Waals surface area contributed by atoms with Crippen LogP contribution in [0.3, 0.4) is 0 Å². The molecule has 4 rings (SSSR count). The lowest BCUT2D eigenvalue weighted by molar-refractivity contribution is 0.314. The fourth-order valence-corrected chi connectivity index (χ4v) is 4.81. The first-order valence-electron chi connectivity index (χ1n) is 11.2. The second-order valence-electron chi connectivity index (χ2n) is 8.01. The minimum absolute atomic E-state index is 0.226. The summed E-state index contributed by atoms with van der Waals surface area (Å²) in [5, 5.41) is 4.01. The maximum atomic E-state index is 5.91. The summed E-state index contributed by atoms with van der Waals surface area (Å²) in [5.74, 6) is 3.06. The van der Waals surface area contributed by atoms with Gasteiger partial charge < -0.3 is 33.9 Å². The van der Waals surface area contributed by atoms with Crippen molar-refractivity contribution < 1.29 is 23.7 Å². The van der Waals surface area contributed by atoms with E-state index in [0.717, 1.165) is 23.2 Å². The van der Waals surface area contributed by atoms with E-state index in [1.54, 1.807) is 35.5 Å². The van der Waals surface area contributed by atoms with Crippen LogP contribution in [0.25, 0.3) is 0 Å². The molecular weight excluding hydrogens is 464 g/mol. The molecule has 7 nitrogen and oxygen atoms in total. The third-order valence-electron chi connectivity index (χ3n) is 6.16. The predicted octanol–water partition coefficient (Wildman–Crippen LogP) is 5.07. The van der Waals surface area contributed by atoms with Crippen LogP contribution in [-0.2, 0) is 6.42 Å². The molecule has 0 radical (unpaired) electrons. The van der Waals surface area contributed by atoms with Crippen LogP contribution in [0.5, 0.6) is 28.7 Å². The van der Waals surface area contributed by atoms with E-state index in [9.17, 15) is 0 Å². The van der Waals surface area contributed by atoms with Crippen molar-refractivity contribution in [2.45, 2.75) is 12.5 Å². The molecule has 184 valence electrons. The number of anilines is 1. The monoisotopic (exact) mass is 494 g/mol. The van der Waals surface area contributed by atoms with Crippen LogP contribution in [0.2, 0.25) is 0 Å². The van der Waals surface area contributed by atoms with Crippen molar-refractivity contribution in [3.8, 4) is 28.7 Å². The third kappa shape index (κ3) is 4.79. The number of nitrogens with zero attached hydrogens (tertiary/aromatic N) is 1. The highest BCUT2D eigenvalue weighted by Gasteiger charge is 2.33. The summed E-state index contributed by atoms with van der Waals surface area (Å²) >= 11 is 5.91. The number of hydrogen-bond donors (Lipinski definition) is 1. The molecule has 0 aliphatic carbocycles. The molecule has 0 saturated heterocycles. The molecule has 0 amide bonds. The zero-order valence-corrected chi connectivity index (χ0v) is 21.4. The highest BCUT2D eigenvalue weighted by Crippen LogP contribution is 2.46. The second kappa shape index (κ2) is 10.7. The Morgan fingerprint density at radius 3 is 1.97 bits per heavy atom. The minimum Gasteiger partial charge on any atom is -0.493 e. The molecule has 1 aliphatic heterocycles. The van der Waals surface area contributed by atoms with E-state index in [1.807, 2.05) is 54.6 Å². The van der Waals surface area contributed by atoms with E-state index in [4.69, 9.17) is 35.9 Å². The van der Waals surface area contributed by atoms with Crippen LogP contribution in [0.15, 0.2) is 54.6 Å². The van der Waals surface area contributed by atoms with Gasteiger partial charge in [0.05, 0.1) is 41.6 Å². The molecule has 1 N–H and O–H groups in total. The van der Waals surface area contributed by atoms with Gasteiger partial charge in [0, 0.05) is 12.2 Å². The van der Waals surface area contributed by atoms with Crippen molar-refractivity contribution in [2.24, 2.45) is 0 Å². The van der Waals surface area contributed by atoms with Crippen LogP contribution >= 0.6 is 12.2 Å². The average Bonchev–Trinajstić information content (AvgIpc) is 2.91. The lowest BCUT2D eigenvalue weighted by Crippen LogP contribution is -2.42. The number of fused-ring (bicyclic) bond motifs is 1. The molecular formula is C27H30N2O5S. The quantitative estimate of drug-likeness (QED) is 0.457. The number of thiocarbonyl (C=S) groups is 1. The Kier molecular flexibility index (Phi) is 7.51. The SMILES string of the molecule is COc1cc2c(cc1OC)[C@H](c1cc(OC)c(OC)c(OC)c1)N(C(=S)Nc1ccccc1)CC2. The normalized spacial score (nSPS) is 14.5. The van der Waals surface area contributed by atoms with Crippen LogP contribution in [0.1, 0.15) is 22.7 Å². The number of nitrogens with one attached hydrogen (secondary N) is 1. The maximum absolute atomic E-state index is 5.91. The molecule has 0 bridgehead atoms. The lowest BCUT2D eigenvalue weighted by atomic mass is 9.87. The molecule has 0 unspecified atom stereocenters. The van der Waals surface area contributed by atoms with Crippen molar-refractivity contribution in [3.05, 3.63) is 71.3 Å². The molecule has 0 spiro atoms. The Balaban J connectivity index is 1.87. The minimum atomic E-state index is -0.226. The van der Waals surface area contributed by atoms with Crippen molar-refractivity contribution in [1.29, 1.82) is 0 Å². The molecule has 3 aromatic rings. The summed E-state index contributed by atoms with van der Waals surface area (Å²) in [6.45, 7) is 0.711. The first-order chi connectivity index (χ1) is 17.0. The Morgan fingerprint density at radius 2 is 1.40 bits per heavy atom. The Bertz CT molecular complexity index is 1180. The van der Waals surface area contributed by atoms with Gasteiger partial charge in [-0.2, -0.15) is 0 Å². The Morgan fingerprint density at radius 1 is 0.800 bits per heavy atom. The molecule has 0 aromatic heterocycles. The zero-order valence-electron chi connectivity index (χ0n) is 20.6. The van der Waals surface area contributed by atoms with Gasteiger partial charge in [0.1, 0.15) is 0 Å². The van der Waals surface area contributed by atoms with E-state index in [-0.39, 0.29) is 6.04 Å². The van der Waals surface area contributed by atoms with Gasteiger partial charge in [-0.15, -0.1) is 0 Å². The number of ether oxygens (including phenoxy) is 5. The van der Waals surface area contributed by atoms with E-state index >= 15 is 0 Å². The standard InChI is InChI=1S/C27H30N2O5S/c1-30-21-13-17-11-12-29(27(35)28-19-9-7-6-8-10-19)25(20(17)16-22(21)31-2)18-14-23(32-3)26(34-5)24(15-18)33-4/h6-10,13-16,25H,11-12H2,1-5H3,(H,28,35)/t25-/m0/s1. The van der Waals surface area contributed by atoms with E-state index < -0.39 is 0 Å². The molecule has 8 heteroatoms. The topological polar surface area (TPSA) is 61.4 Å². The third-order valence-corrected chi connectivity index (χ3v) is 6.50. The van der Waals surface area contributed by atoms with Crippen molar-refractivity contribution in [2.75, 3.05) is 47.4 Å². The van der Waals surface area contributed by atoms with Gasteiger partial charge >= 0.3 is 0 Å². The van der Waals surface area contributed by atoms with Crippen LogP contribution in [-0.4, -0.2) is 52.1 Å². The first kappa shape index (κ1) is 24.5. The predicted molar refractivity (Wildman–Crippen MR) is 141 cm³/mol. The van der Waals surface area contributed by atoms with Crippen LogP contribution in [0.4, 0.5) is 5.69 Å². The van der Waals surface area contributed by atoms with Gasteiger partial charge in [0.15, 0.2) is 28.1 Å². The molecule has 1 atom stereocenters. The van der Waals surface area contributed by atoms with Gasteiger partial charge in [-0.25, -0.2) is 0 Å². The van der Waals surface area contributed by atoms with Crippen LogP contribution < -0.4 is 29.0 Å². The summed E-state index contributed by atoms with van der Waals surface area (Å²) in [4.78, 5) is 2.18. The highest BCUT2D eigenvalue weighted by atomic mass is 32.1. The summed E-state index contributed by atoms with van der Waals surface area (Å²) < 4.78 is 28.1. The number of methoxy groups -OCH3 is 5. The van der Waals surface area contributed by atoms with Gasteiger partial charge in [0.25, 0.3) is 0 Å². The first-order valence-corrected chi connectivity index (χ1v) is 11.6. The van der Waals surface area contributed by atoms with Gasteiger partial charge in [-0.3, -0.25) is 0 Å². The molecule has 35 heavy (non-hydrogen) atoms. The number of hydrogen-bond acceptors (Lipinski definition) is 6. The Labute approximate surface area is 211 Å². The molecule has 0 fully saturated rings. The maximum Gasteiger partial charge on any atom is 0.203 e. The van der Waals surface area contributed by atoms with Crippen molar-refractivity contribution in [1.82, 2.24) is 4.90 Å². The molecule has 1 aliphatic rings. The molecule has 3 aromatic carbocycles. The average molecular weight is 495 g/mol. The lowest BCUT2D eigenvalue weighted by Gasteiger charge is -2.40. The van der Waals surface area contributed by atoms with E-state index in [1.165, 1.54) is 5.56 Å². The summed E-state index contributed by atoms with van der Waals surface area (Å²) in [7, 11) is 8.11. The van der Waals surface area contributed by atoms with Crippen molar-refractivity contribution >= 4 is 23.0 Å².